The number of aromatic amines is 1. The van der Waals surface area contributed by atoms with E-state index in [1.54, 1.807) is 24.3 Å². The molecule has 0 bridgehead atoms. The Kier molecular flexibility index (Phi) is 6.22. The highest BCUT2D eigenvalue weighted by molar-refractivity contribution is 7.92. The smallest absolute Gasteiger partial charge is 0.422 e. The van der Waals surface area contributed by atoms with Gasteiger partial charge in [0.2, 0.25) is 10.0 Å². The molecular formula is C24H18F3N3O3S. The van der Waals surface area contributed by atoms with Crippen LogP contribution in [0.5, 0.6) is 5.75 Å². The Morgan fingerprint density at radius 3 is 2.47 bits per heavy atom. The number of hydrogen-bond acceptors (Lipinski definition) is 4. The highest BCUT2D eigenvalue weighted by Crippen LogP contribution is 2.30. The normalized spacial score (nSPS) is 11.6. The Labute approximate surface area is 193 Å². The van der Waals surface area contributed by atoms with Crippen LogP contribution < -0.4 is 9.46 Å². The molecule has 0 aliphatic carbocycles. The molecule has 4 rings (SSSR count). The fourth-order valence-corrected chi connectivity index (χ4v) is 3.76. The van der Waals surface area contributed by atoms with Crippen LogP contribution in [0.2, 0.25) is 0 Å². The van der Waals surface area contributed by atoms with Crippen LogP contribution in [0.15, 0.2) is 66.7 Å². The molecule has 0 aliphatic heterocycles. The molecule has 0 fully saturated rings. The number of aromatic nitrogens is 2. The van der Waals surface area contributed by atoms with Gasteiger partial charge in [-0.1, -0.05) is 30.2 Å². The first-order valence-corrected chi connectivity index (χ1v) is 11.8. The molecule has 0 saturated carbocycles. The number of sulfonamides is 1. The highest BCUT2D eigenvalue weighted by Gasteiger charge is 2.28. The third kappa shape index (κ3) is 6.08. The number of hydrogen-bond donors (Lipinski definition) is 2. The SMILES string of the molecule is CS(=O)(=O)Nc1ccccc1-c1ccc2[nH]c(C#Cc3ccc(OCC(F)(F)F)cc3)nc2c1. The van der Waals surface area contributed by atoms with Crippen molar-refractivity contribution in [2.75, 3.05) is 17.6 Å². The van der Waals surface area contributed by atoms with Gasteiger partial charge in [0.15, 0.2) is 12.4 Å². The van der Waals surface area contributed by atoms with Gasteiger partial charge in [-0.25, -0.2) is 13.4 Å². The summed E-state index contributed by atoms with van der Waals surface area (Å²) in [6.45, 7) is -1.35. The number of nitrogens with one attached hydrogen (secondary N) is 2. The summed E-state index contributed by atoms with van der Waals surface area (Å²) in [5.74, 6) is 6.31. The van der Waals surface area contributed by atoms with Crippen LogP contribution in [0, 0.1) is 11.8 Å². The number of ether oxygens (including phenoxy) is 1. The van der Waals surface area contributed by atoms with Gasteiger partial charge in [-0.3, -0.25) is 4.72 Å². The van der Waals surface area contributed by atoms with E-state index >= 15 is 0 Å². The molecule has 10 heteroatoms. The molecule has 0 radical (unpaired) electrons. The number of anilines is 1. The van der Waals surface area contributed by atoms with Gasteiger partial charge in [-0.05, 0) is 53.9 Å². The molecule has 3 aromatic carbocycles. The quantitative estimate of drug-likeness (QED) is 0.392. The van der Waals surface area contributed by atoms with Gasteiger partial charge in [0, 0.05) is 11.1 Å². The van der Waals surface area contributed by atoms with E-state index in [9.17, 15) is 21.6 Å². The van der Waals surface area contributed by atoms with Crippen LogP contribution in [0.4, 0.5) is 18.9 Å². The highest BCUT2D eigenvalue weighted by atomic mass is 32.2. The number of nitrogens with zero attached hydrogens (tertiary/aromatic N) is 1. The number of benzene rings is 3. The summed E-state index contributed by atoms with van der Waals surface area (Å²) in [5, 5.41) is 0. The number of para-hydroxylation sites is 1. The topological polar surface area (TPSA) is 84.1 Å². The van der Waals surface area contributed by atoms with E-state index in [2.05, 4.69) is 31.3 Å². The second-order valence-electron chi connectivity index (χ2n) is 7.42. The maximum absolute atomic E-state index is 12.2. The Bertz CT molecular complexity index is 1500. The van der Waals surface area contributed by atoms with Crippen LogP contribution in [0.3, 0.4) is 0 Å². The molecule has 174 valence electrons. The van der Waals surface area contributed by atoms with Crippen molar-refractivity contribution >= 4 is 26.7 Å². The minimum atomic E-state index is -4.40. The molecule has 0 unspecified atom stereocenters. The molecule has 0 amide bonds. The molecule has 1 heterocycles. The van der Waals surface area contributed by atoms with E-state index in [1.165, 1.54) is 12.1 Å². The van der Waals surface area contributed by atoms with E-state index < -0.39 is 22.8 Å². The summed E-state index contributed by atoms with van der Waals surface area (Å²) in [6, 6.07) is 18.5. The lowest BCUT2D eigenvalue weighted by molar-refractivity contribution is -0.153. The second kappa shape index (κ2) is 9.11. The van der Waals surface area contributed by atoms with Crippen LogP contribution in [0.25, 0.3) is 22.2 Å². The van der Waals surface area contributed by atoms with E-state index in [4.69, 9.17) is 0 Å². The van der Waals surface area contributed by atoms with E-state index in [-0.39, 0.29) is 5.75 Å². The van der Waals surface area contributed by atoms with Gasteiger partial charge < -0.3 is 9.72 Å². The number of fused-ring (bicyclic) bond motifs is 1. The van der Waals surface area contributed by atoms with Gasteiger partial charge in [0.05, 0.1) is 23.0 Å². The Hall–Kier alpha value is -3.97. The van der Waals surface area contributed by atoms with Gasteiger partial charge in [0.1, 0.15) is 5.75 Å². The third-order valence-electron chi connectivity index (χ3n) is 4.60. The summed E-state index contributed by atoms with van der Waals surface area (Å²) in [4.78, 5) is 7.57. The van der Waals surface area contributed by atoms with Crippen LogP contribution in [-0.4, -0.2) is 37.4 Å². The molecule has 1 aromatic heterocycles. The van der Waals surface area contributed by atoms with Crippen molar-refractivity contribution in [2.24, 2.45) is 0 Å². The molecule has 6 nitrogen and oxygen atoms in total. The lowest BCUT2D eigenvalue weighted by Gasteiger charge is -2.10. The first kappa shape index (κ1) is 23.2. The Morgan fingerprint density at radius 1 is 1.03 bits per heavy atom. The second-order valence-corrected chi connectivity index (χ2v) is 9.16. The zero-order valence-electron chi connectivity index (χ0n) is 17.8. The Balaban J connectivity index is 1.55. The van der Waals surface area contributed by atoms with Crippen molar-refractivity contribution in [3.63, 3.8) is 0 Å². The van der Waals surface area contributed by atoms with E-state index in [1.807, 2.05) is 30.3 Å². The lowest BCUT2D eigenvalue weighted by Crippen LogP contribution is -2.19. The number of halogens is 3. The number of H-pyrrole nitrogens is 1. The zero-order valence-corrected chi connectivity index (χ0v) is 18.6. The van der Waals surface area contributed by atoms with E-state index in [0.29, 0.717) is 28.2 Å². The lowest BCUT2D eigenvalue weighted by atomic mass is 10.0. The maximum atomic E-state index is 12.2. The summed E-state index contributed by atoms with van der Waals surface area (Å²) >= 11 is 0. The average Bonchev–Trinajstić information content (AvgIpc) is 3.18. The predicted octanol–water partition coefficient (Wildman–Crippen LogP) is 4.94. The first-order chi connectivity index (χ1) is 16.1. The molecule has 34 heavy (non-hydrogen) atoms. The third-order valence-corrected chi connectivity index (χ3v) is 5.19. The summed E-state index contributed by atoms with van der Waals surface area (Å²) in [6.07, 6.45) is -3.30. The number of rotatable bonds is 5. The van der Waals surface area contributed by atoms with Crippen LogP contribution >= 0.6 is 0 Å². The van der Waals surface area contributed by atoms with Crippen molar-refractivity contribution in [3.05, 3.63) is 78.1 Å². The minimum absolute atomic E-state index is 0.102. The molecule has 0 aliphatic rings. The molecule has 2 N–H and O–H groups in total. The van der Waals surface area contributed by atoms with Gasteiger partial charge in [-0.2, -0.15) is 13.2 Å². The predicted molar refractivity (Wildman–Crippen MR) is 124 cm³/mol. The minimum Gasteiger partial charge on any atom is -0.484 e. The fraction of sp³-hybridized carbons (Fsp3) is 0.125. The average molecular weight is 485 g/mol. The van der Waals surface area contributed by atoms with Gasteiger partial charge >= 0.3 is 6.18 Å². The van der Waals surface area contributed by atoms with Crippen molar-refractivity contribution in [1.82, 2.24) is 9.97 Å². The van der Waals surface area contributed by atoms with Crippen molar-refractivity contribution < 1.29 is 26.3 Å². The molecule has 0 spiro atoms. The largest absolute Gasteiger partial charge is 0.484 e. The van der Waals surface area contributed by atoms with Crippen LogP contribution in [0.1, 0.15) is 11.4 Å². The first-order valence-electron chi connectivity index (χ1n) is 9.94. The number of imidazole rings is 1. The van der Waals surface area contributed by atoms with Gasteiger partial charge in [-0.15, -0.1) is 0 Å². The molecule has 0 saturated heterocycles. The maximum Gasteiger partial charge on any atom is 0.422 e. The summed E-state index contributed by atoms with van der Waals surface area (Å²) in [5.41, 5.74) is 3.92. The van der Waals surface area contributed by atoms with Crippen molar-refractivity contribution in [3.8, 4) is 28.7 Å². The van der Waals surface area contributed by atoms with Crippen molar-refractivity contribution in [2.45, 2.75) is 6.18 Å². The zero-order chi connectivity index (χ0) is 24.3. The standard InChI is InChI=1S/C24H18F3N3O3S/c1-34(31,32)30-20-5-3-2-4-19(20)17-9-12-21-22(14-17)29-23(28-21)13-8-16-6-10-18(11-7-16)33-15-24(25,26)27/h2-7,9-12,14,30H,15H2,1H3,(H,28,29). The van der Waals surface area contributed by atoms with Crippen molar-refractivity contribution in [1.29, 1.82) is 0 Å². The summed E-state index contributed by atoms with van der Waals surface area (Å²) in [7, 11) is -3.44. The number of alkyl halides is 3. The molecule has 0 atom stereocenters. The Morgan fingerprint density at radius 2 is 1.76 bits per heavy atom. The molecular weight excluding hydrogens is 467 g/mol. The van der Waals surface area contributed by atoms with Crippen LogP contribution in [-0.2, 0) is 10.0 Å². The monoisotopic (exact) mass is 485 g/mol. The van der Waals surface area contributed by atoms with E-state index in [0.717, 1.165) is 17.3 Å². The van der Waals surface area contributed by atoms with Gasteiger partial charge in [0.25, 0.3) is 0 Å². The summed E-state index contributed by atoms with van der Waals surface area (Å²) < 4.78 is 67.3. The molecule has 4 aromatic rings. The fourth-order valence-electron chi connectivity index (χ4n) is 3.19.